The topological polar surface area (TPSA) is 29.9 Å². The molecule has 0 saturated carbocycles. The highest BCUT2D eigenvalue weighted by atomic mass is 19.1. The van der Waals surface area contributed by atoms with Gasteiger partial charge in [0.25, 0.3) is 0 Å². The SMILES string of the molecule is CCc1cc2n(n1)C(c1cc(F)ccc1F)CCN2. The third-order valence-corrected chi connectivity index (χ3v) is 3.48. The molecule has 1 atom stereocenters. The molecule has 0 saturated heterocycles. The normalized spacial score (nSPS) is 17.9. The lowest BCUT2D eigenvalue weighted by Crippen LogP contribution is -2.25. The number of halogens is 2. The second kappa shape index (κ2) is 4.64. The van der Waals surface area contributed by atoms with Crippen LogP contribution in [0.15, 0.2) is 24.3 Å². The summed E-state index contributed by atoms with van der Waals surface area (Å²) in [5.41, 5.74) is 1.32. The summed E-state index contributed by atoms with van der Waals surface area (Å²) in [4.78, 5) is 0. The van der Waals surface area contributed by atoms with Crippen molar-refractivity contribution in [2.24, 2.45) is 0 Å². The molecule has 1 aliphatic heterocycles. The minimum atomic E-state index is -0.417. The van der Waals surface area contributed by atoms with E-state index in [0.29, 0.717) is 12.0 Å². The Kier molecular flexibility index (Phi) is 2.97. The standard InChI is InChI=1S/C14H15F2N3/c1-2-10-8-14-17-6-5-13(19(14)18-10)11-7-9(15)3-4-12(11)16/h3-4,7-8,13,17H,2,5-6H2,1H3. The fourth-order valence-corrected chi connectivity index (χ4v) is 2.50. The van der Waals surface area contributed by atoms with Crippen LogP contribution in [0.4, 0.5) is 14.6 Å². The summed E-state index contributed by atoms with van der Waals surface area (Å²) >= 11 is 0. The lowest BCUT2D eigenvalue weighted by Gasteiger charge is -2.26. The summed E-state index contributed by atoms with van der Waals surface area (Å²) in [7, 11) is 0. The lowest BCUT2D eigenvalue weighted by molar-refractivity contribution is 0.452. The maximum Gasteiger partial charge on any atom is 0.128 e. The van der Waals surface area contributed by atoms with E-state index < -0.39 is 5.82 Å². The molecule has 3 nitrogen and oxygen atoms in total. The Morgan fingerprint density at radius 1 is 1.37 bits per heavy atom. The zero-order valence-corrected chi connectivity index (χ0v) is 10.7. The first-order valence-corrected chi connectivity index (χ1v) is 6.46. The van der Waals surface area contributed by atoms with Crippen LogP contribution in [0.5, 0.6) is 0 Å². The molecule has 0 amide bonds. The van der Waals surface area contributed by atoms with E-state index in [0.717, 1.165) is 30.5 Å². The third-order valence-electron chi connectivity index (χ3n) is 3.48. The van der Waals surface area contributed by atoms with Crippen molar-refractivity contribution in [2.45, 2.75) is 25.8 Å². The number of nitrogens with zero attached hydrogens (tertiary/aromatic N) is 2. The van der Waals surface area contributed by atoms with Gasteiger partial charge in [0.15, 0.2) is 0 Å². The van der Waals surface area contributed by atoms with Crippen molar-refractivity contribution in [1.29, 1.82) is 0 Å². The molecule has 0 aliphatic carbocycles. The molecular weight excluding hydrogens is 248 g/mol. The zero-order chi connectivity index (χ0) is 13.4. The molecule has 0 fully saturated rings. The van der Waals surface area contributed by atoms with Crippen molar-refractivity contribution in [1.82, 2.24) is 9.78 Å². The Bertz CT molecular complexity index is 607. The maximum absolute atomic E-state index is 13.9. The number of hydrogen-bond donors (Lipinski definition) is 1. The minimum Gasteiger partial charge on any atom is -0.370 e. The van der Waals surface area contributed by atoms with Crippen LogP contribution < -0.4 is 5.32 Å². The van der Waals surface area contributed by atoms with Crippen LogP contribution in [-0.4, -0.2) is 16.3 Å². The molecule has 3 rings (SSSR count). The van der Waals surface area contributed by atoms with Crippen LogP contribution in [0.25, 0.3) is 0 Å². The fraction of sp³-hybridized carbons (Fsp3) is 0.357. The quantitative estimate of drug-likeness (QED) is 0.902. The number of rotatable bonds is 2. The summed E-state index contributed by atoms with van der Waals surface area (Å²) in [5, 5.41) is 7.70. The second-order valence-corrected chi connectivity index (χ2v) is 4.72. The Morgan fingerprint density at radius 2 is 2.21 bits per heavy atom. The number of benzene rings is 1. The van der Waals surface area contributed by atoms with Gasteiger partial charge in [-0.25, -0.2) is 13.5 Å². The van der Waals surface area contributed by atoms with Crippen LogP contribution in [0.3, 0.4) is 0 Å². The highest BCUT2D eigenvalue weighted by Gasteiger charge is 2.25. The van der Waals surface area contributed by atoms with Crippen molar-refractivity contribution >= 4 is 5.82 Å². The van der Waals surface area contributed by atoms with Gasteiger partial charge in [-0.3, -0.25) is 0 Å². The van der Waals surface area contributed by atoms with Gasteiger partial charge in [0.2, 0.25) is 0 Å². The number of aromatic nitrogens is 2. The summed E-state index contributed by atoms with van der Waals surface area (Å²) in [6.07, 6.45) is 1.51. The largest absolute Gasteiger partial charge is 0.370 e. The molecule has 5 heteroatoms. The van der Waals surface area contributed by atoms with E-state index in [9.17, 15) is 8.78 Å². The average molecular weight is 263 g/mol. The minimum absolute atomic E-state index is 0.243. The van der Waals surface area contributed by atoms with Crippen molar-refractivity contribution in [2.75, 3.05) is 11.9 Å². The molecular formula is C14H15F2N3. The van der Waals surface area contributed by atoms with E-state index >= 15 is 0 Å². The average Bonchev–Trinajstić information content (AvgIpc) is 2.84. The van der Waals surface area contributed by atoms with Gasteiger partial charge in [-0.1, -0.05) is 6.92 Å². The molecule has 1 unspecified atom stereocenters. The summed E-state index contributed by atoms with van der Waals surface area (Å²) in [6.45, 7) is 2.75. The van der Waals surface area contributed by atoms with E-state index in [-0.39, 0.29) is 11.9 Å². The van der Waals surface area contributed by atoms with E-state index in [4.69, 9.17) is 0 Å². The molecule has 100 valence electrons. The van der Waals surface area contributed by atoms with Crippen LogP contribution in [0.1, 0.15) is 30.6 Å². The highest BCUT2D eigenvalue weighted by Crippen LogP contribution is 2.31. The number of fused-ring (bicyclic) bond motifs is 1. The third kappa shape index (κ3) is 2.09. The Hall–Kier alpha value is -1.91. The van der Waals surface area contributed by atoms with Crippen LogP contribution in [-0.2, 0) is 6.42 Å². The van der Waals surface area contributed by atoms with Gasteiger partial charge < -0.3 is 5.32 Å². The van der Waals surface area contributed by atoms with Gasteiger partial charge in [-0.15, -0.1) is 0 Å². The number of anilines is 1. The molecule has 0 spiro atoms. The lowest BCUT2D eigenvalue weighted by atomic mass is 10.0. The summed E-state index contributed by atoms with van der Waals surface area (Å²) < 4.78 is 29.0. The van der Waals surface area contributed by atoms with Crippen LogP contribution >= 0.6 is 0 Å². The number of nitrogens with one attached hydrogen (secondary N) is 1. The molecule has 2 heterocycles. The van der Waals surface area contributed by atoms with E-state index in [1.165, 1.54) is 12.1 Å². The van der Waals surface area contributed by atoms with Gasteiger partial charge in [0, 0.05) is 18.2 Å². The van der Waals surface area contributed by atoms with Crippen molar-refractivity contribution in [3.8, 4) is 0 Å². The molecule has 1 N–H and O–H groups in total. The predicted molar refractivity (Wildman–Crippen MR) is 69.2 cm³/mol. The predicted octanol–water partition coefficient (Wildman–Crippen LogP) is 3.13. The van der Waals surface area contributed by atoms with E-state index in [1.54, 1.807) is 4.68 Å². The Labute approximate surface area is 110 Å². The maximum atomic E-state index is 13.9. The molecule has 19 heavy (non-hydrogen) atoms. The molecule has 0 radical (unpaired) electrons. The summed E-state index contributed by atoms with van der Waals surface area (Å²) in [5.74, 6) is 0.0731. The van der Waals surface area contributed by atoms with Gasteiger partial charge in [0.05, 0.1) is 11.7 Å². The summed E-state index contributed by atoms with van der Waals surface area (Å²) in [6, 6.07) is 5.30. The smallest absolute Gasteiger partial charge is 0.128 e. The monoisotopic (exact) mass is 263 g/mol. The van der Waals surface area contributed by atoms with E-state index in [2.05, 4.69) is 10.4 Å². The van der Waals surface area contributed by atoms with Crippen molar-refractivity contribution in [3.05, 3.63) is 47.2 Å². The first kappa shape index (κ1) is 12.1. The zero-order valence-electron chi connectivity index (χ0n) is 10.7. The van der Waals surface area contributed by atoms with Crippen LogP contribution in [0.2, 0.25) is 0 Å². The number of hydrogen-bond acceptors (Lipinski definition) is 2. The first-order valence-electron chi connectivity index (χ1n) is 6.46. The van der Waals surface area contributed by atoms with Gasteiger partial charge in [-0.05, 0) is 31.0 Å². The Balaban J connectivity index is 2.07. The second-order valence-electron chi connectivity index (χ2n) is 4.72. The van der Waals surface area contributed by atoms with Crippen LogP contribution in [0, 0.1) is 11.6 Å². The fourth-order valence-electron chi connectivity index (χ4n) is 2.50. The molecule has 1 aromatic heterocycles. The van der Waals surface area contributed by atoms with Gasteiger partial charge in [0.1, 0.15) is 17.5 Å². The molecule has 1 aromatic carbocycles. The first-order chi connectivity index (χ1) is 9.19. The molecule has 1 aliphatic rings. The van der Waals surface area contributed by atoms with Crippen molar-refractivity contribution in [3.63, 3.8) is 0 Å². The number of aryl methyl sites for hydroxylation is 1. The van der Waals surface area contributed by atoms with Crippen molar-refractivity contribution < 1.29 is 8.78 Å². The van der Waals surface area contributed by atoms with Gasteiger partial charge >= 0.3 is 0 Å². The van der Waals surface area contributed by atoms with E-state index in [1.807, 2.05) is 13.0 Å². The molecule has 2 aromatic rings. The highest BCUT2D eigenvalue weighted by molar-refractivity contribution is 5.41. The van der Waals surface area contributed by atoms with Gasteiger partial charge in [-0.2, -0.15) is 5.10 Å². The molecule has 0 bridgehead atoms. The Morgan fingerprint density at radius 3 is 3.00 bits per heavy atom.